The lowest BCUT2D eigenvalue weighted by Crippen LogP contribution is -2.09. The van der Waals surface area contributed by atoms with E-state index in [0.717, 1.165) is 31.8 Å². The number of rotatable bonds is 4. The summed E-state index contributed by atoms with van der Waals surface area (Å²) < 4.78 is 18.8. The summed E-state index contributed by atoms with van der Waals surface area (Å²) in [5.41, 5.74) is 0. The molecule has 1 fully saturated rings. The highest BCUT2D eigenvalue weighted by Crippen LogP contribution is 2.13. The van der Waals surface area contributed by atoms with Gasteiger partial charge in [0.15, 0.2) is 11.1 Å². The van der Waals surface area contributed by atoms with Crippen LogP contribution in [0.5, 0.6) is 0 Å². The monoisotopic (exact) mass is 177 g/mol. The van der Waals surface area contributed by atoms with Gasteiger partial charge in [0.1, 0.15) is 0 Å². The van der Waals surface area contributed by atoms with Crippen LogP contribution >= 0.6 is 0 Å². The largest absolute Gasteiger partial charge is 0.316 e. The second kappa shape index (κ2) is 4.85. The molecule has 0 aromatic rings. The third kappa shape index (κ3) is 3.84. The van der Waals surface area contributed by atoms with Crippen molar-refractivity contribution in [1.82, 2.24) is 5.32 Å². The van der Waals surface area contributed by atoms with Gasteiger partial charge in [-0.1, -0.05) is 0 Å². The van der Waals surface area contributed by atoms with Crippen LogP contribution in [0.4, 0.5) is 0 Å². The summed E-state index contributed by atoms with van der Waals surface area (Å²) in [7, 11) is 0. The summed E-state index contributed by atoms with van der Waals surface area (Å²) in [6.07, 6.45) is 3.22. The van der Waals surface area contributed by atoms with Crippen LogP contribution in [-0.2, 0) is 11.1 Å². The summed E-state index contributed by atoms with van der Waals surface area (Å²) >= 11 is -1.59. The molecule has 11 heavy (non-hydrogen) atoms. The Hall–Kier alpha value is 0.0700. The fourth-order valence-electron chi connectivity index (χ4n) is 1.46. The number of hydrogen-bond donors (Lipinski definition) is 2. The lowest BCUT2D eigenvalue weighted by Gasteiger charge is -2.05. The average molecular weight is 177 g/mol. The first kappa shape index (κ1) is 9.16. The molecule has 0 saturated carbocycles. The van der Waals surface area contributed by atoms with Crippen molar-refractivity contribution in [2.24, 2.45) is 5.92 Å². The third-order valence-electron chi connectivity index (χ3n) is 2.09. The SMILES string of the molecule is O=S(O)CCCC1CCNC1. The molecule has 0 bridgehead atoms. The van der Waals surface area contributed by atoms with Crippen LogP contribution in [0.25, 0.3) is 0 Å². The van der Waals surface area contributed by atoms with Gasteiger partial charge in [-0.25, -0.2) is 4.21 Å². The molecule has 1 aliphatic heterocycles. The topological polar surface area (TPSA) is 49.3 Å². The van der Waals surface area contributed by atoms with Crippen LogP contribution in [0, 0.1) is 5.92 Å². The summed E-state index contributed by atoms with van der Waals surface area (Å²) in [5.74, 6) is 1.19. The molecule has 2 atom stereocenters. The van der Waals surface area contributed by atoms with Crippen molar-refractivity contribution in [1.29, 1.82) is 0 Å². The molecule has 3 nitrogen and oxygen atoms in total. The van der Waals surface area contributed by atoms with Crippen molar-refractivity contribution in [3.05, 3.63) is 0 Å². The molecule has 4 heteroatoms. The highest BCUT2D eigenvalue weighted by atomic mass is 32.2. The quantitative estimate of drug-likeness (QED) is 0.618. The molecular formula is C7H15NO2S. The zero-order chi connectivity index (χ0) is 8.10. The molecule has 1 saturated heterocycles. The Morgan fingerprint density at radius 3 is 3.00 bits per heavy atom. The van der Waals surface area contributed by atoms with Gasteiger partial charge in [-0.05, 0) is 38.3 Å². The van der Waals surface area contributed by atoms with E-state index in [9.17, 15) is 4.21 Å². The molecule has 1 rings (SSSR count). The number of hydrogen-bond acceptors (Lipinski definition) is 2. The van der Waals surface area contributed by atoms with E-state index in [1.807, 2.05) is 0 Å². The van der Waals surface area contributed by atoms with Crippen molar-refractivity contribution < 1.29 is 8.76 Å². The minimum absolute atomic E-state index is 0.441. The molecule has 0 aromatic heterocycles. The second-order valence-electron chi connectivity index (χ2n) is 3.03. The smallest absolute Gasteiger partial charge is 0.152 e. The normalized spacial score (nSPS) is 27.2. The molecule has 0 spiro atoms. The van der Waals surface area contributed by atoms with E-state index in [4.69, 9.17) is 4.55 Å². The zero-order valence-corrected chi connectivity index (χ0v) is 7.40. The van der Waals surface area contributed by atoms with Crippen molar-refractivity contribution in [2.45, 2.75) is 19.3 Å². The Morgan fingerprint density at radius 1 is 1.64 bits per heavy atom. The lowest BCUT2D eigenvalue weighted by molar-refractivity contribution is 0.514. The van der Waals surface area contributed by atoms with Crippen molar-refractivity contribution in [3.8, 4) is 0 Å². The zero-order valence-electron chi connectivity index (χ0n) is 6.58. The molecule has 2 unspecified atom stereocenters. The summed E-state index contributed by atoms with van der Waals surface area (Å²) in [6, 6.07) is 0. The first-order valence-electron chi connectivity index (χ1n) is 4.07. The molecular weight excluding hydrogens is 162 g/mol. The van der Waals surface area contributed by atoms with Crippen LogP contribution in [0.2, 0.25) is 0 Å². The van der Waals surface area contributed by atoms with E-state index >= 15 is 0 Å². The first-order valence-corrected chi connectivity index (χ1v) is 5.35. The van der Waals surface area contributed by atoms with Crippen LogP contribution in [0.15, 0.2) is 0 Å². The minimum atomic E-state index is -1.59. The molecule has 0 radical (unpaired) electrons. The standard InChI is InChI=1S/C7H15NO2S/c9-11(10)5-1-2-7-3-4-8-6-7/h7-8H,1-6H2,(H,9,10). The van der Waals surface area contributed by atoms with Gasteiger partial charge >= 0.3 is 0 Å². The maximum atomic E-state index is 10.3. The average Bonchev–Trinajstić information content (AvgIpc) is 2.39. The second-order valence-corrected chi connectivity index (χ2v) is 4.08. The van der Waals surface area contributed by atoms with E-state index < -0.39 is 11.1 Å². The van der Waals surface area contributed by atoms with Crippen molar-refractivity contribution in [3.63, 3.8) is 0 Å². The van der Waals surface area contributed by atoms with Gasteiger partial charge in [-0.2, -0.15) is 0 Å². The van der Waals surface area contributed by atoms with E-state index in [-0.39, 0.29) is 0 Å². The van der Waals surface area contributed by atoms with Crippen LogP contribution < -0.4 is 5.32 Å². The molecule has 1 heterocycles. The Labute approximate surface area is 69.9 Å². The van der Waals surface area contributed by atoms with Gasteiger partial charge in [0, 0.05) is 5.75 Å². The summed E-state index contributed by atoms with van der Waals surface area (Å²) in [4.78, 5) is 0. The van der Waals surface area contributed by atoms with Gasteiger partial charge in [-0.3, -0.25) is 0 Å². The van der Waals surface area contributed by atoms with E-state index in [2.05, 4.69) is 5.32 Å². The maximum absolute atomic E-state index is 10.3. The fourth-order valence-corrected chi connectivity index (χ4v) is 1.87. The van der Waals surface area contributed by atoms with Crippen molar-refractivity contribution in [2.75, 3.05) is 18.8 Å². The molecule has 66 valence electrons. The van der Waals surface area contributed by atoms with Gasteiger partial charge in [-0.15, -0.1) is 0 Å². The van der Waals surface area contributed by atoms with E-state index in [1.54, 1.807) is 0 Å². The van der Waals surface area contributed by atoms with Crippen molar-refractivity contribution >= 4 is 11.1 Å². The van der Waals surface area contributed by atoms with Crippen LogP contribution in [0.3, 0.4) is 0 Å². The van der Waals surface area contributed by atoms with Gasteiger partial charge in [0.05, 0.1) is 0 Å². The first-order chi connectivity index (χ1) is 5.29. The molecule has 2 N–H and O–H groups in total. The van der Waals surface area contributed by atoms with Crippen LogP contribution in [0.1, 0.15) is 19.3 Å². The highest BCUT2D eigenvalue weighted by Gasteiger charge is 2.13. The van der Waals surface area contributed by atoms with Gasteiger partial charge in [0.25, 0.3) is 0 Å². The molecule has 0 aliphatic carbocycles. The Bertz CT molecular complexity index is 134. The Balaban J connectivity index is 1.98. The fraction of sp³-hybridized carbons (Fsp3) is 1.00. The predicted octanol–water partition coefficient (Wildman–Crippen LogP) is 0.598. The molecule has 1 aliphatic rings. The predicted molar refractivity (Wildman–Crippen MR) is 45.8 cm³/mol. The summed E-state index contributed by atoms with van der Waals surface area (Å²) in [5, 5.41) is 3.27. The molecule has 0 amide bonds. The molecule has 0 aromatic carbocycles. The van der Waals surface area contributed by atoms with E-state index in [0.29, 0.717) is 5.75 Å². The third-order valence-corrected chi connectivity index (χ3v) is 2.73. The Morgan fingerprint density at radius 2 is 2.45 bits per heavy atom. The summed E-state index contributed by atoms with van der Waals surface area (Å²) in [6.45, 7) is 2.21. The van der Waals surface area contributed by atoms with Crippen LogP contribution in [-0.4, -0.2) is 27.6 Å². The minimum Gasteiger partial charge on any atom is -0.316 e. The Kier molecular flexibility index (Phi) is 4.04. The lowest BCUT2D eigenvalue weighted by atomic mass is 10.0. The van der Waals surface area contributed by atoms with Gasteiger partial charge in [0.2, 0.25) is 0 Å². The highest BCUT2D eigenvalue weighted by molar-refractivity contribution is 7.79. The van der Waals surface area contributed by atoms with E-state index in [1.165, 1.54) is 6.42 Å². The number of nitrogens with one attached hydrogen (secondary N) is 1. The maximum Gasteiger partial charge on any atom is 0.152 e. The van der Waals surface area contributed by atoms with Gasteiger partial charge < -0.3 is 9.87 Å².